The topological polar surface area (TPSA) is 115 Å². The maximum absolute atomic E-state index is 13.5. The number of aromatic amines is 1. The number of aromatic nitrogens is 2. The molecule has 0 spiro atoms. The number of hydrogen-bond acceptors (Lipinski definition) is 6. The quantitative estimate of drug-likeness (QED) is 0.323. The van der Waals surface area contributed by atoms with Gasteiger partial charge in [-0.15, -0.1) is 0 Å². The Bertz CT molecular complexity index is 1380. The van der Waals surface area contributed by atoms with E-state index in [1.165, 1.54) is 12.8 Å². The Kier molecular flexibility index (Phi) is 7.92. The number of alkyl carbamates (subject to hydrolysis) is 1. The molecule has 9 nitrogen and oxygen atoms in total. The summed E-state index contributed by atoms with van der Waals surface area (Å²) < 4.78 is 17.0. The van der Waals surface area contributed by atoms with Crippen LogP contribution in [0.2, 0.25) is 0 Å². The lowest BCUT2D eigenvalue weighted by molar-refractivity contribution is 0.0488. The smallest absolute Gasteiger partial charge is 0.407 e. The van der Waals surface area contributed by atoms with E-state index < -0.39 is 11.7 Å². The SMILES string of the molecule is COc1ccc(-c2ccnc3c(C(=O)NC4CCC(NC(=O)OC(C)(C)C)CC4)c(C)[nH]c23)c(OCC2CC2)c1. The van der Waals surface area contributed by atoms with Gasteiger partial charge in [-0.1, -0.05) is 0 Å². The Hall–Kier alpha value is -3.75. The van der Waals surface area contributed by atoms with Crippen molar-refractivity contribution in [1.82, 2.24) is 20.6 Å². The predicted molar refractivity (Wildman–Crippen MR) is 154 cm³/mol. The Morgan fingerprint density at radius 2 is 1.70 bits per heavy atom. The largest absolute Gasteiger partial charge is 0.497 e. The standard InChI is InChI=1S/C31H40N4O5/c1-18-26(29(36)34-20-8-10-21(11-9-20)35-30(37)40-31(2,3)4)28-27(33-18)24(14-15-32-28)23-13-12-22(38-5)16-25(23)39-17-19-6-7-19/h12-16,19-21,33H,6-11,17H2,1-5H3,(H,34,36)(H,35,37). The van der Waals surface area contributed by atoms with Crippen molar-refractivity contribution in [3.63, 3.8) is 0 Å². The number of nitrogens with one attached hydrogen (secondary N) is 3. The zero-order valence-corrected chi connectivity index (χ0v) is 24.1. The number of methoxy groups -OCH3 is 1. The summed E-state index contributed by atoms with van der Waals surface area (Å²) in [7, 11) is 1.65. The molecule has 2 fully saturated rings. The van der Waals surface area contributed by atoms with E-state index in [4.69, 9.17) is 14.2 Å². The highest BCUT2D eigenvalue weighted by Gasteiger charge is 2.28. The van der Waals surface area contributed by atoms with Gasteiger partial charge in [0.1, 0.15) is 22.6 Å². The molecule has 0 bridgehead atoms. The van der Waals surface area contributed by atoms with Crippen molar-refractivity contribution >= 4 is 23.0 Å². The number of carbonyl (C=O) groups is 2. The van der Waals surface area contributed by atoms with Gasteiger partial charge in [0.05, 0.1) is 24.8 Å². The molecule has 2 aromatic heterocycles. The number of pyridine rings is 1. The van der Waals surface area contributed by atoms with Gasteiger partial charge in [0.2, 0.25) is 0 Å². The summed E-state index contributed by atoms with van der Waals surface area (Å²) in [6, 6.07) is 7.86. The minimum Gasteiger partial charge on any atom is -0.497 e. The van der Waals surface area contributed by atoms with Crippen LogP contribution < -0.4 is 20.1 Å². The van der Waals surface area contributed by atoms with Gasteiger partial charge in [0, 0.05) is 41.2 Å². The Morgan fingerprint density at radius 1 is 1.00 bits per heavy atom. The maximum Gasteiger partial charge on any atom is 0.407 e. The normalized spacial score (nSPS) is 19.2. The third-order valence-electron chi connectivity index (χ3n) is 7.54. The summed E-state index contributed by atoms with van der Waals surface area (Å²) in [6.07, 6.45) is 6.86. The van der Waals surface area contributed by atoms with Gasteiger partial charge in [-0.2, -0.15) is 0 Å². The van der Waals surface area contributed by atoms with Crippen molar-refractivity contribution in [2.24, 2.45) is 5.92 Å². The van der Waals surface area contributed by atoms with E-state index in [0.717, 1.165) is 59.5 Å². The molecule has 214 valence electrons. The van der Waals surface area contributed by atoms with E-state index >= 15 is 0 Å². The first kappa shape index (κ1) is 27.8. The first-order chi connectivity index (χ1) is 19.1. The van der Waals surface area contributed by atoms with Gasteiger partial charge >= 0.3 is 6.09 Å². The van der Waals surface area contributed by atoms with Crippen molar-refractivity contribution in [2.75, 3.05) is 13.7 Å². The molecule has 2 heterocycles. The van der Waals surface area contributed by atoms with Crippen LogP contribution in [0.3, 0.4) is 0 Å². The third-order valence-corrected chi connectivity index (χ3v) is 7.54. The summed E-state index contributed by atoms with van der Waals surface area (Å²) in [4.78, 5) is 33.7. The second-order valence-electron chi connectivity index (χ2n) is 12.0. The van der Waals surface area contributed by atoms with Crippen LogP contribution in [0.15, 0.2) is 30.5 Å². The average Bonchev–Trinajstić information content (AvgIpc) is 3.67. The zero-order chi connectivity index (χ0) is 28.4. The fourth-order valence-electron chi connectivity index (χ4n) is 5.29. The highest BCUT2D eigenvalue weighted by molar-refractivity contribution is 6.09. The van der Waals surface area contributed by atoms with Gasteiger partial charge in [-0.25, -0.2) is 4.79 Å². The van der Waals surface area contributed by atoms with E-state index in [-0.39, 0.29) is 18.0 Å². The molecule has 2 amide bonds. The van der Waals surface area contributed by atoms with Crippen molar-refractivity contribution < 1.29 is 23.8 Å². The number of nitrogens with zero attached hydrogens (tertiary/aromatic N) is 1. The van der Waals surface area contributed by atoms with Gasteiger partial charge < -0.3 is 29.8 Å². The minimum atomic E-state index is -0.529. The molecule has 40 heavy (non-hydrogen) atoms. The molecule has 3 N–H and O–H groups in total. The second-order valence-corrected chi connectivity index (χ2v) is 12.0. The van der Waals surface area contributed by atoms with Crippen molar-refractivity contribution in [3.8, 4) is 22.6 Å². The van der Waals surface area contributed by atoms with Crippen LogP contribution in [0.1, 0.15) is 75.3 Å². The summed E-state index contributed by atoms with van der Waals surface area (Å²) in [5.41, 5.74) is 4.08. The molecule has 2 aliphatic rings. The van der Waals surface area contributed by atoms with Crippen LogP contribution in [0.4, 0.5) is 4.79 Å². The molecule has 9 heteroatoms. The average molecular weight is 549 g/mol. The van der Waals surface area contributed by atoms with Gasteiger partial charge in [-0.3, -0.25) is 9.78 Å². The molecule has 0 aliphatic heterocycles. The maximum atomic E-state index is 13.5. The molecule has 0 radical (unpaired) electrons. The number of hydrogen-bond donors (Lipinski definition) is 3. The summed E-state index contributed by atoms with van der Waals surface area (Å²) in [5.74, 6) is 1.96. The number of benzene rings is 1. The van der Waals surface area contributed by atoms with Crippen LogP contribution >= 0.6 is 0 Å². The van der Waals surface area contributed by atoms with Crippen LogP contribution in [-0.4, -0.2) is 53.4 Å². The number of carbonyl (C=O) groups excluding carboxylic acids is 2. The number of H-pyrrole nitrogens is 1. The summed E-state index contributed by atoms with van der Waals surface area (Å²) in [5, 5.41) is 6.16. The first-order valence-electron chi connectivity index (χ1n) is 14.2. The van der Waals surface area contributed by atoms with Crippen LogP contribution in [0.5, 0.6) is 11.5 Å². The zero-order valence-electron chi connectivity index (χ0n) is 24.1. The number of fused-ring (bicyclic) bond motifs is 1. The predicted octanol–water partition coefficient (Wildman–Crippen LogP) is 5.90. The highest BCUT2D eigenvalue weighted by atomic mass is 16.6. The minimum absolute atomic E-state index is 0.0285. The number of rotatable bonds is 8. The lowest BCUT2D eigenvalue weighted by Crippen LogP contribution is -2.45. The fraction of sp³-hybridized carbons (Fsp3) is 0.516. The molecule has 2 saturated carbocycles. The first-order valence-corrected chi connectivity index (χ1v) is 14.2. The van der Waals surface area contributed by atoms with E-state index in [0.29, 0.717) is 23.6 Å². The van der Waals surface area contributed by atoms with Crippen LogP contribution in [0, 0.1) is 12.8 Å². The molecule has 0 saturated heterocycles. The van der Waals surface area contributed by atoms with Crippen molar-refractivity contribution in [3.05, 3.63) is 41.7 Å². The number of aryl methyl sites for hydroxylation is 1. The van der Waals surface area contributed by atoms with E-state index in [1.807, 2.05) is 52.0 Å². The monoisotopic (exact) mass is 548 g/mol. The summed E-state index contributed by atoms with van der Waals surface area (Å²) >= 11 is 0. The number of amides is 2. The molecule has 1 aromatic carbocycles. The van der Waals surface area contributed by atoms with E-state index in [9.17, 15) is 9.59 Å². The summed E-state index contributed by atoms with van der Waals surface area (Å²) in [6.45, 7) is 8.13. The lowest BCUT2D eigenvalue weighted by atomic mass is 9.91. The Labute approximate surface area is 235 Å². The second kappa shape index (κ2) is 11.4. The van der Waals surface area contributed by atoms with Crippen LogP contribution in [-0.2, 0) is 4.74 Å². The molecule has 3 aromatic rings. The fourth-order valence-corrected chi connectivity index (χ4v) is 5.29. The van der Waals surface area contributed by atoms with E-state index in [1.54, 1.807) is 13.3 Å². The molecule has 0 unspecified atom stereocenters. The molecular weight excluding hydrogens is 508 g/mol. The molecule has 2 aliphatic carbocycles. The van der Waals surface area contributed by atoms with Gasteiger partial charge in [0.15, 0.2) is 0 Å². The van der Waals surface area contributed by atoms with Gasteiger partial charge in [-0.05, 0) is 90.3 Å². The Balaban J connectivity index is 1.30. The number of ether oxygens (including phenoxy) is 3. The Morgan fingerprint density at radius 3 is 2.35 bits per heavy atom. The molecular formula is C31H40N4O5. The molecule has 5 rings (SSSR count). The molecule has 0 atom stereocenters. The van der Waals surface area contributed by atoms with Gasteiger partial charge in [0.25, 0.3) is 5.91 Å². The highest BCUT2D eigenvalue weighted by Crippen LogP contribution is 2.39. The van der Waals surface area contributed by atoms with Crippen molar-refractivity contribution in [2.45, 2.75) is 83.9 Å². The van der Waals surface area contributed by atoms with Crippen LogP contribution in [0.25, 0.3) is 22.2 Å². The third kappa shape index (κ3) is 6.51. The van der Waals surface area contributed by atoms with Crippen molar-refractivity contribution in [1.29, 1.82) is 0 Å². The van der Waals surface area contributed by atoms with E-state index in [2.05, 4.69) is 20.6 Å². The lowest BCUT2D eigenvalue weighted by Gasteiger charge is -2.30.